The quantitative estimate of drug-likeness (QED) is 0.594. The Balaban J connectivity index is 2.19. The van der Waals surface area contributed by atoms with Crippen LogP contribution < -0.4 is 11.3 Å². The number of halogens is 1. The van der Waals surface area contributed by atoms with Gasteiger partial charge in [-0.1, -0.05) is 60.8 Å². The number of benzene rings is 1. The molecule has 1 aromatic rings. The molecule has 1 fully saturated rings. The van der Waals surface area contributed by atoms with E-state index in [4.69, 9.17) is 5.84 Å². The summed E-state index contributed by atoms with van der Waals surface area (Å²) in [6.45, 7) is 4.65. The number of hydrazine groups is 1. The maximum Gasteiger partial charge on any atom is 0.0307 e. The molecule has 0 amide bonds. The molecule has 3 heteroatoms. The molecule has 1 unspecified atom stereocenters. The summed E-state index contributed by atoms with van der Waals surface area (Å²) in [4.78, 5) is 0. The maximum absolute atomic E-state index is 5.95. The van der Waals surface area contributed by atoms with E-state index in [9.17, 15) is 0 Å². The first-order valence-corrected chi connectivity index (χ1v) is 8.56. The van der Waals surface area contributed by atoms with Gasteiger partial charge in [0.05, 0.1) is 0 Å². The van der Waals surface area contributed by atoms with Crippen LogP contribution in [0.1, 0.15) is 51.5 Å². The van der Waals surface area contributed by atoms with Gasteiger partial charge < -0.3 is 0 Å². The van der Waals surface area contributed by atoms with Crippen molar-refractivity contribution in [2.24, 2.45) is 17.2 Å². The molecule has 1 aromatic carbocycles. The molecule has 20 heavy (non-hydrogen) atoms. The van der Waals surface area contributed by atoms with Crippen molar-refractivity contribution in [3.8, 4) is 0 Å². The van der Waals surface area contributed by atoms with E-state index < -0.39 is 0 Å². The van der Waals surface area contributed by atoms with Crippen LogP contribution in [0.4, 0.5) is 0 Å². The van der Waals surface area contributed by atoms with E-state index in [1.807, 2.05) is 0 Å². The van der Waals surface area contributed by atoms with Crippen LogP contribution in [0.2, 0.25) is 0 Å². The second-order valence-corrected chi connectivity index (χ2v) is 7.54. The van der Waals surface area contributed by atoms with Crippen molar-refractivity contribution in [1.29, 1.82) is 0 Å². The zero-order valence-corrected chi connectivity index (χ0v) is 14.2. The highest BCUT2D eigenvalue weighted by molar-refractivity contribution is 9.10. The first kappa shape index (κ1) is 16.0. The molecule has 0 aromatic heterocycles. The highest BCUT2D eigenvalue weighted by Crippen LogP contribution is 2.46. The molecule has 0 bridgehead atoms. The van der Waals surface area contributed by atoms with Crippen LogP contribution in [-0.4, -0.2) is 6.04 Å². The number of nitrogens with one attached hydrogen (secondary N) is 1. The lowest BCUT2D eigenvalue weighted by Gasteiger charge is -2.39. The Hall–Kier alpha value is -0.380. The highest BCUT2D eigenvalue weighted by atomic mass is 79.9. The van der Waals surface area contributed by atoms with Crippen LogP contribution in [0.3, 0.4) is 0 Å². The smallest absolute Gasteiger partial charge is 0.0307 e. The second kappa shape index (κ2) is 7.06. The summed E-state index contributed by atoms with van der Waals surface area (Å²) in [5, 5.41) is 0. The second-order valence-electron chi connectivity index (χ2n) is 6.68. The summed E-state index contributed by atoms with van der Waals surface area (Å²) < 4.78 is 1.19. The first-order chi connectivity index (χ1) is 9.57. The van der Waals surface area contributed by atoms with Gasteiger partial charge in [-0.15, -0.1) is 0 Å². The van der Waals surface area contributed by atoms with Crippen molar-refractivity contribution in [3.63, 3.8) is 0 Å². The van der Waals surface area contributed by atoms with Crippen LogP contribution in [0.15, 0.2) is 28.7 Å². The average Bonchev–Trinajstić information content (AvgIpc) is 2.86. The fourth-order valence-electron chi connectivity index (χ4n) is 3.92. The standard InChI is InChI=1S/C17H27BrN2/c1-13(2)12-17(9-5-6-10-17)16(20-19)11-14-7-3-4-8-15(14)18/h3-4,7-8,13,16,20H,5-6,9-12,19H2,1-2H3. The van der Waals surface area contributed by atoms with E-state index in [1.165, 1.54) is 42.1 Å². The Labute approximate surface area is 131 Å². The number of nitrogens with two attached hydrogens (primary N) is 1. The van der Waals surface area contributed by atoms with Crippen molar-refractivity contribution in [3.05, 3.63) is 34.3 Å². The molecule has 1 aliphatic carbocycles. The van der Waals surface area contributed by atoms with Crippen molar-refractivity contribution < 1.29 is 0 Å². The Bertz CT molecular complexity index is 425. The SMILES string of the molecule is CC(C)CC1(C(Cc2ccccc2Br)NN)CCCC1. The molecule has 0 radical (unpaired) electrons. The summed E-state index contributed by atoms with van der Waals surface area (Å²) in [5.74, 6) is 6.67. The highest BCUT2D eigenvalue weighted by Gasteiger charge is 2.41. The van der Waals surface area contributed by atoms with Gasteiger partial charge in [0.25, 0.3) is 0 Å². The van der Waals surface area contributed by atoms with Gasteiger partial charge >= 0.3 is 0 Å². The van der Waals surface area contributed by atoms with Gasteiger partial charge in [0.15, 0.2) is 0 Å². The van der Waals surface area contributed by atoms with E-state index in [2.05, 4.69) is 59.5 Å². The third-order valence-corrected chi connectivity index (χ3v) is 5.51. The van der Waals surface area contributed by atoms with E-state index in [1.54, 1.807) is 0 Å². The third-order valence-electron chi connectivity index (χ3n) is 4.74. The summed E-state index contributed by atoms with van der Waals surface area (Å²) in [5.41, 5.74) is 4.87. The van der Waals surface area contributed by atoms with Crippen molar-refractivity contribution in [2.45, 2.75) is 58.4 Å². The molecule has 0 aliphatic heterocycles. The van der Waals surface area contributed by atoms with Crippen LogP contribution in [-0.2, 0) is 6.42 Å². The predicted octanol–water partition coefficient (Wildman–Crippen LogP) is 4.43. The molecule has 0 saturated heterocycles. The Morgan fingerprint density at radius 1 is 1.25 bits per heavy atom. The van der Waals surface area contributed by atoms with Crippen molar-refractivity contribution >= 4 is 15.9 Å². The molecule has 112 valence electrons. The van der Waals surface area contributed by atoms with E-state index in [-0.39, 0.29) is 0 Å². The monoisotopic (exact) mass is 338 g/mol. The summed E-state index contributed by atoms with van der Waals surface area (Å²) in [6.07, 6.45) is 7.59. The molecule has 0 spiro atoms. The van der Waals surface area contributed by atoms with E-state index in [0.29, 0.717) is 11.5 Å². The van der Waals surface area contributed by atoms with Gasteiger partial charge in [-0.2, -0.15) is 0 Å². The van der Waals surface area contributed by atoms with E-state index in [0.717, 1.165) is 12.3 Å². The largest absolute Gasteiger partial charge is 0.271 e. The minimum Gasteiger partial charge on any atom is -0.271 e. The Morgan fingerprint density at radius 3 is 2.45 bits per heavy atom. The van der Waals surface area contributed by atoms with Gasteiger partial charge in [-0.25, -0.2) is 0 Å². The van der Waals surface area contributed by atoms with E-state index >= 15 is 0 Å². The Kier molecular flexibility index (Phi) is 5.65. The first-order valence-electron chi connectivity index (χ1n) is 7.77. The van der Waals surface area contributed by atoms with Crippen molar-refractivity contribution in [1.82, 2.24) is 5.43 Å². The molecule has 1 atom stereocenters. The predicted molar refractivity (Wildman–Crippen MR) is 89.3 cm³/mol. The van der Waals surface area contributed by atoms with Crippen LogP contribution in [0, 0.1) is 11.3 Å². The lowest BCUT2D eigenvalue weighted by molar-refractivity contribution is 0.154. The summed E-state index contributed by atoms with van der Waals surface area (Å²) in [7, 11) is 0. The topological polar surface area (TPSA) is 38.0 Å². The number of rotatable bonds is 6. The van der Waals surface area contributed by atoms with Crippen LogP contribution in [0.5, 0.6) is 0 Å². The fraction of sp³-hybridized carbons (Fsp3) is 0.647. The molecule has 3 N–H and O–H groups in total. The van der Waals surface area contributed by atoms with Gasteiger partial charge in [0, 0.05) is 10.5 Å². The molecular formula is C17H27BrN2. The lowest BCUT2D eigenvalue weighted by atomic mass is 9.71. The molecule has 1 aliphatic rings. The number of hydrogen-bond acceptors (Lipinski definition) is 2. The van der Waals surface area contributed by atoms with Gasteiger partial charge in [0.1, 0.15) is 0 Å². The van der Waals surface area contributed by atoms with Gasteiger partial charge in [-0.05, 0) is 48.6 Å². The normalized spacial score (nSPS) is 19.4. The zero-order chi connectivity index (χ0) is 14.6. The van der Waals surface area contributed by atoms with Crippen molar-refractivity contribution in [2.75, 3.05) is 0 Å². The van der Waals surface area contributed by atoms with Gasteiger partial charge in [0.2, 0.25) is 0 Å². The molecule has 0 heterocycles. The zero-order valence-electron chi connectivity index (χ0n) is 12.7. The molecule has 2 nitrogen and oxygen atoms in total. The minimum atomic E-state index is 0.367. The van der Waals surface area contributed by atoms with Crippen LogP contribution >= 0.6 is 15.9 Å². The lowest BCUT2D eigenvalue weighted by Crippen LogP contribution is -2.49. The number of hydrogen-bond donors (Lipinski definition) is 2. The molecule has 1 saturated carbocycles. The molecular weight excluding hydrogens is 312 g/mol. The van der Waals surface area contributed by atoms with Gasteiger partial charge in [-0.3, -0.25) is 11.3 Å². The summed E-state index contributed by atoms with van der Waals surface area (Å²) >= 11 is 3.66. The fourth-order valence-corrected chi connectivity index (χ4v) is 4.37. The average molecular weight is 339 g/mol. The third kappa shape index (κ3) is 3.63. The minimum absolute atomic E-state index is 0.367. The summed E-state index contributed by atoms with van der Waals surface area (Å²) in [6, 6.07) is 8.86. The Morgan fingerprint density at radius 2 is 1.90 bits per heavy atom. The molecule has 2 rings (SSSR count). The maximum atomic E-state index is 5.95. The van der Waals surface area contributed by atoms with Crippen LogP contribution in [0.25, 0.3) is 0 Å².